The van der Waals surface area contributed by atoms with Gasteiger partial charge in [0.25, 0.3) is 5.91 Å². The van der Waals surface area contributed by atoms with Crippen LogP contribution in [-0.2, 0) is 17.9 Å². The van der Waals surface area contributed by atoms with Gasteiger partial charge in [-0.2, -0.15) is 5.10 Å². The molecule has 1 saturated heterocycles. The van der Waals surface area contributed by atoms with Crippen molar-refractivity contribution in [2.75, 3.05) is 26.3 Å². The first-order valence-electron chi connectivity index (χ1n) is 10.2. The predicted octanol–water partition coefficient (Wildman–Crippen LogP) is 3.56. The number of rotatable bonds is 7. The Morgan fingerprint density at radius 3 is 2.71 bits per heavy atom. The molecule has 1 aliphatic rings. The van der Waals surface area contributed by atoms with E-state index in [1.54, 1.807) is 6.07 Å². The van der Waals surface area contributed by atoms with Gasteiger partial charge in [0.15, 0.2) is 5.69 Å². The van der Waals surface area contributed by atoms with E-state index in [0.29, 0.717) is 45.1 Å². The number of halogens is 1. The molecule has 8 heteroatoms. The Bertz CT molecular complexity index is 1030. The quantitative estimate of drug-likeness (QED) is 0.555. The second-order valence-electron chi connectivity index (χ2n) is 7.40. The molecule has 2 heterocycles. The molecule has 4 rings (SSSR count). The van der Waals surface area contributed by atoms with Gasteiger partial charge in [-0.1, -0.05) is 46.3 Å². The molecule has 0 saturated carbocycles. The molecule has 0 aliphatic carbocycles. The zero-order valence-corrected chi connectivity index (χ0v) is 19.0. The SMILES string of the molecule is Cc1cc(C(=O)NN2CCOCC2)nn1Cc1cc(Br)ccc1OCc1ccccc1. The number of carbonyl (C=O) groups is 1. The summed E-state index contributed by atoms with van der Waals surface area (Å²) in [4.78, 5) is 12.6. The van der Waals surface area contributed by atoms with Crippen LogP contribution in [0.2, 0.25) is 0 Å². The molecule has 162 valence electrons. The highest BCUT2D eigenvalue weighted by molar-refractivity contribution is 9.10. The van der Waals surface area contributed by atoms with Crippen LogP contribution in [0.15, 0.2) is 59.1 Å². The second-order valence-corrected chi connectivity index (χ2v) is 8.31. The van der Waals surface area contributed by atoms with E-state index in [4.69, 9.17) is 9.47 Å². The van der Waals surface area contributed by atoms with Gasteiger partial charge in [0, 0.05) is 28.8 Å². The number of hydrogen-bond donors (Lipinski definition) is 1. The van der Waals surface area contributed by atoms with E-state index in [-0.39, 0.29) is 5.91 Å². The highest BCUT2D eigenvalue weighted by Crippen LogP contribution is 2.25. The Morgan fingerprint density at radius 1 is 1.16 bits per heavy atom. The number of hydrogen-bond acceptors (Lipinski definition) is 5. The molecule has 3 aromatic rings. The van der Waals surface area contributed by atoms with E-state index < -0.39 is 0 Å². The van der Waals surface area contributed by atoms with Gasteiger partial charge in [-0.3, -0.25) is 14.9 Å². The molecule has 2 aromatic carbocycles. The van der Waals surface area contributed by atoms with Crippen molar-refractivity contribution in [2.45, 2.75) is 20.1 Å². The van der Waals surface area contributed by atoms with Crippen LogP contribution in [0, 0.1) is 6.92 Å². The largest absolute Gasteiger partial charge is 0.489 e. The maximum absolute atomic E-state index is 12.6. The minimum absolute atomic E-state index is 0.210. The highest BCUT2D eigenvalue weighted by Gasteiger charge is 2.18. The van der Waals surface area contributed by atoms with Crippen molar-refractivity contribution < 1.29 is 14.3 Å². The Kier molecular flexibility index (Phi) is 7.01. The van der Waals surface area contributed by atoms with Gasteiger partial charge in [0.05, 0.1) is 19.8 Å². The molecule has 1 aliphatic heterocycles. The van der Waals surface area contributed by atoms with Gasteiger partial charge in [0.1, 0.15) is 12.4 Å². The maximum Gasteiger partial charge on any atom is 0.286 e. The third kappa shape index (κ3) is 5.72. The topological polar surface area (TPSA) is 68.6 Å². The lowest BCUT2D eigenvalue weighted by molar-refractivity contribution is 0.0124. The summed E-state index contributed by atoms with van der Waals surface area (Å²) in [6.45, 7) is 5.50. The summed E-state index contributed by atoms with van der Waals surface area (Å²) in [7, 11) is 0. The fraction of sp³-hybridized carbons (Fsp3) is 0.304. The fourth-order valence-electron chi connectivity index (χ4n) is 3.37. The van der Waals surface area contributed by atoms with Crippen molar-refractivity contribution in [3.8, 4) is 5.75 Å². The van der Waals surface area contributed by atoms with Crippen LogP contribution in [0.1, 0.15) is 27.3 Å². The number of benzene rings is 2. The summed E-state index contributed by atoms with van der Waals surface area (Å²) in [6.07, 6.45) is 0. The molecule has 0 bridgehead atoms. The first-order chi connectivity index (χ1) is 15.1. The third-order valence-corrected chi connectivity index (χ3v) is 5.56. The molecular weight excluding hydrogens is 460 g/mol. The van der Waals surface area contributed by atoms with Crippen LogP contribution >= 0.6 is 15.9 Å². The van der Waals surface area contributed by atoms with Gasteiger partial charge in [-0.15, -0.1) is 0 Å². The lowest BCUT2D eigenvalue weighted by atomic mass is 10.2. The van der Waals surface area contributed by atoms with Crippen LogP contribution in [-0.4, -0.2) is 47.0 Å². The number of nitrogens with zero attached hydrogens (tertiary/aromatic N) is 3. The zero-order chi connectivity index (χ0) is 21.6. The number of aryl methyl sites for hydroxylation is 1. The molecule has 1 aromatic heterocycles. The van der Waals surface area contributed by atoms with Crippen molar-refractivity contribution in [2.24, 2.45) is 0 Å². The Hall–Kier alpha value is -2.68. The first kappa shape index (κ1) is 21.5. The summed E-state index contributed by atoms with van der Waals surface area (Å²) < 4.78 is 14.2. The third-order valence-electron chi connectivity index (χ3n) is 5.06. The number of nitrogens with one attached hydrogen (secondary N) is 1. The van der Waals surface area contributed by atoms with Gasteiger partial charge in [-0.25, -0.2) is 5.01 Å². The Morgan fingerprint density at radius 2 is 1.94 bits per heavy atom. The van der Waals surface area contributed by atoms with Crippen molar-refractivity contribution in [1.29, 1.82) is 0 Å². The number of morpholine rings is 1. The minimum atomic E-state index is -0.210. The van der Waals surface area contributed by atoms with Crippen LogP contribution in [0.4, 0.5) is 0 Å². The number of hydrazine groups is 1. The number of carbonyl (C=O) groups excluding carboxylic acids is 1. The zero-order valence-electron chi connectivity index (χ0n) is 17.4. The van der Waals surface area contributed by atoms with Gasteiger partial charge in [-0.05, 0) is 36.8 Å². The fourth-order valence-corrected chi connectivity index (χ4v) is 3.77. The second kappa shape index (κ2) is 10.1. The number of ether oxygens (including phenoxy) is 2. The molecule has 1 N–H and O–H groups in total. The molecule has 7 nitrogen and oxygen atoms in total. The lowest BCUT2D eigenvalue weighted by Crippen LogP contribution is -2.48. The Balaban J connectivity index is 1.47. The normalized spacial score (nSPS) is 14.4. The van der Waals surface area contributed by atoms with Gasteiger partial charge < -0.3 is 9.47 Å². The van der Waals surface area contributed by atoms with Crippen molar-refractivity contribution in [1.82, 2.24) is 20.2 Å². The summed E-state index contributed by atoms with van der Waals surface area (Å²) in [5, 5.41) is 6.40. The van der Waals surface area contributed by atoms with Crippen LogP contribution in [0.5, 0.6) is 5.75 Å². The molecule has 0 radical (unpaired) electrons. The molecule has 31 heavy (non-hydrogen) atoms. The molecule has 1 amide bonds. The number of amides is 1. The summed E-state index contributed by atoms with van der Waals surface area (Å²) >= 11 is 3.54. The van der Waals surface area contributed by atoms with Crippen molar-refractivity contribution in [3.05, 3.63) is 81.6 Å². The van der Waals surface area contributed by atoms with Gasteiger partial charge >= 0.3 is 0 Å². The molecular formula is C23H25BrN4O3. The maximum atomic E-state index is 12.6. The highest BCUT2D eigenvalue weighted by atomic mass is 79.9. The molecule has 1 fully saturated rings. The monoisotopic (exact) mass is 484 g/mol. The lowest BCUT2D eigenvalue weighted by Gasteiger charge is -2.26. The van der Waals surface area contributed by atoms with E-state index >= 15 is 0 Å². The van der Waals surface area contributed by atoms with Crippen LogP contribution < -0.4 is 10.2 Å². The van der Waals surface area contributed by atoms with E-state index in [0.717, 1.165) is 27.0 Å². The average Bonchev–Trinajstić information content (AvgIpc) is 3.15. The van der Waals surface area contributed by atoms with Crippen LogP contribution in [0.25, 0.3) is 0 Å². The summed E-state index contributed by atoms with van der Waals surface area (Å²) in [5.74, 6) is 0.583. The summed E-state index contributed by atoms with van der Waals surface area (Å²) in [5.41, 5.74) is 6.29. The predicted molar refractivity (Wildman–Crippen MR) is 121 cm³/mol. The Labute approximate surface area is 190 Å². The smallest absolute Gasteiger partial charge is 0.286 e. The molecule has 0 atom stereocenters. The first-order valence-corrected chi connectivity index (χ1v) is 11.0. The number of aromatic nitrogens is 2. The van der Waals surface area contributed by atoms with Crippen molar-refractivity contribution in [3.63, 3.8) is 0 Å². The van der Waals surface area contributed by atoms with Crippen molar-refractivity contribution >= 4 is 21.8 Å². The van der Waals surface area contributed by atoms with E-state index in [1.165, 1.54) is 0 Å². The minimum Gasteiger partial charge on any atom is -0.489 e. The average molecular weight is 485 g/mol. The standard InChI is InChI=1S/C23H25BrN4O3/c1-17-13-21(23(29)26-27-9-11-30-12-10-27)25-28(17)15-19-14-20(24)7-8-22(19)31-16-18-5-3-2-4-6-18/h2-8,13-14H,9-12,15-16H2,1H3,(H,26,29). The summed E-state index contributed by atoms with van der Waals surface area (Å²) in [6, 6.07) is 17.8. The van der Waals surface area contributed by atoms with E-state index in [2.05, 4.69) is 26.5 Å². The van der Waals surface area contributed by atoms with Gasteiger partial charge in [0.2, 0.25) is 0 Å². The molecule has 0 spiro atoms. The van der Waals surface area contributed by atoms with Crippen LogP contribution in [0.3, 0.4) is 0 Å². The molecule has 0 unspecified atom stereocenters. The van der Waals surface area contributed by atoms with E-state index in [9.17, 15) is 4.79 Å². The van der Waals surface area contributed by atoms with E-state index in [1.807, 2.05) is 65.1 Å².